The maximum Gasteiger partial charge on any atom is 0.416 e. The van der Waals surface area contributed by atoms with Crippen molar-refractivity contribution in [3.63, 3.8) is 0 Å². The van der Waals surface area contributed by atoms with Gasteiger partial charge in [0.15, 0.2) is 11.5 Å². The number of likely N-dealkylation sites (N-methyl/N-ethyl adjacent to an activating group) is 1. The van der Waals surface area contributed by atoms with Crippen molar-refractivity contribution in [3.8, 4) is 17.2 Å². The first kappa shape index (κ1) is 37.8. The number of para-hydroxylation sites is 2. The molecule has 10 nitrogen and oxygen atoms in total. The summed E-state index contributed by atoms with van der Waals surface area (Å²) in [6.45, 7) is 7.99. The van der Waals surface area contributed by atoms with Crippen molar-refractivity contribution < 1.29 is 36.9 Å². The fourth-order valence-electron chi connectivity index (χ4n) is 6.73. The molecule has 4 aromatic rings. The summed E-state index contributed by atoms with van der Waals surface area (Å²) in [7, 11) is 6.09. The molecule has 1 amide bonds. The van der Waals surface area contributed by atoms with Gasteiger partial charge < -0.3 is 38.2 Å². The van der Waals surface area contributed by atoms with Gasteiger partial charge in [0.1, 0.15) is 0 Å². The van der Waals surface area contributed by atoms with E-state index >= 15 is 0 Å². The van der Waals surface area contributed by atoms with Gasteiger partial charge in [-0.15, -0.1) is 0 Å². The minimum Gasteiger partial charge on any atom is -0.493 e. The first-order valence-electron chi connectivity index (χ1n) is 17.3. The molecule has 0 radical (unpaired) electrons. The summed E-state index contributed by atoms with van der Waals surface area (Å²) >= 11 is 0. The molecular formula is C38H48F3N5O5. The molecule has 0 saturated carbocycles. The molecule has 13 heteroatoms. The second-order valence-electron chi connectivity index (χ2n) is 12.6. The lowest BCUT2D eigenvalue weighted by atomic mass is 9.93. The molecule has 2 heterocycles. The zero-order chi connectivity index (χ0) is 36.5. The number of fused-ring (bicyclic) bond motifs is 1. The largest absolute Gasteiger partial charge is 0.493 e. The van der Waals surface area contributed by atoms with Crippen LogP contribution in [0.1, 0.15) is 47.2 Å². The van der Waals surface area contributed by atoms with Gasteiger partial charge in [-0.1, -0.05) is 30.3 Å². The van der Waals surface area contributed by atoms with Crippen LogP contribution in [0.3, 0.4) is 0 Å². The van der Waals surface area contributed by atoms with E-state index in [2.05, 4.69) is 20.4 Å². The number of hydrogen-bond acceptors (Lipinski definition) is 8. The van der Waals surface area contributed by atoms with E-state index < -0.39 is 11.7 Å². The summed E-state index contributed by atoms with van der Waals surface area (Å²) in [4.78, 5) is 24.9. The highest BCUT2D eigenvalue weighted by molar-refractivity contribution is 5.95. The molecule has 0 N–H and O–H groups in total. The molecule has 51 heavy (non-hydrogen) atoms. The van der Waals surface area contributed by atoms with Crippen molar-refractivity contribution in [1.82, 2.24) is 19.4 Å². The fourth-order valence-corrected chi connectivity index (χ4v) is 6.73. The van der Waals surface area contributed by atoms with E-state index in [4.69, 9.17) is 23.9 Å². The zero-order valence-electron chi connectivity index (χ0n) is 30.0. The molecule has 1 aliphatic rings. The zero-order valence-corrected chi connectivity index (χ0v) is 30.0. The van der Waals surface area contributed by atoms with Gasteiger partial charge in [0.05, 0.1) is 44.5 Å². The Bertz CT molecular complexity index is 1740. The van der Waals surface area contributed by atoms with Crippen LogP contribution in [0.25, 0.3) is 11.0 Å². The third-order valence-electron chi connectivity index (χ3n) is 9.40. The summed E-state index contributed by atoms with van der Waals surface area (Å²) in [6, 6.07) is 16.7. The van der Waals surface area contributed by atoms with Crippen LogP contribution in [0.4, 0.5) is 19.1 Å². The average Bonchev–Trinajstić information content (AvgIpc) is 3.33. The normalized spacial score (nSPS) is 14.7. The molecular weight excluding hydrogens is 663 g/mol. The predicted octanol–water partition coefficient (Wildman–Crippen LogP) is 6.58. The highest BCUT2D eigenvalue weighted by Crippen LogP contribution is 2.39. The number of ether oxygens (including phenoxy) is 4. The average molecular weight is 712 g/mol. The molecule has 0 aliphatic carbocycles. The van der Waals surface area contributed by atoms with Crippen LogP contribution in [0.5, 0.6) is 17.2 Å². The maximum absolute atomic E-state index is 13.8. The standard InChI is InChI=1S/C38H48F3N5O5/c1-6-51-22-21-46-32-14-8-7-13-31(32)42-37(46)45-17-10-16-44(19-20-45)18-15-28(27-11-9-12-30(23-27)38(39,40)41)26-43(2)36(47)29-24-33(48-3)35(50-5)34(25-29)49-4/h7-9,11-14,23-25,28H,6,10,15-22,26H2,1-5H3. The minimum atomic E-state index is -4.48. The number of carbonyl (C=O) groups is 1. The first-order chi connectivity index (χ1) is 24.6. The van der Waals surface area contributed by atoms with Gasteiger partial charge in [-0.25, -0.2) is 4.98 Å². The molecule has 1 unspecified atom stereocenters. The van der Waals surface area contributed by atoms with Crippen LogP contribution in [-0.2, 0) is 17.5 Å². The van der Waals surface area contributed by atoms with Crippen molar-refractivity contribution in [2.45, 2.75) is 38.4 Å². The Labute approximate surface area is 297 Å². The number of alkyl halides is 3. The number of hydrogen-bond donors (Lipinski definition) is 0. The van der Waals surface area contributed by atoms with Crippen LogP contribution in [0.15, 0.2) is 60.7 Å². The van der Waals surface area contributed by atoms with Crippen LogP contribution in [-0.4, -0.2) is 106 Å². The second kappa shape index (κ2) is 17.1. The number of aromatic nitrogens is 2. The quantitative estimate of drug-likeness (QED) is 0.128. The summed E-state index contributed by atoms with van der Waals surface area (Å²) in [6.07, 6.45) is -3.02. The lowest BCUT2D eigenvalue weighted by Crippen LogP contribution is -2.35. The monoisotopic (exact) mass is 711 g/mol. The van der Waals surface area contributed by atoms with E-state index in [9.17, 15) is 18.0 Å². The smallest absolute Gasteiger partial charge is 0.416 e. The second-order valence-corrected chi connectivity index (χ2v) is 12.6. The molecule has 0 spiro atoms. The Hall–Kier alpha value is -4.49. The third-order valence-corrected chi connectivity index (χ3v) is 9.40. The highest BCUT2D eigenvalue weighted by atomic mass is 19.4. The van der Waals surface area contributed by atoms with Gasteiger partial charge in [0, 0.05) is 57.9 Å². The lowest BCUT2D eigenvalue weighted by molar-refractivity contribution is -0.137. The molecule has 0 bridgehead atoms. The van der Waals surface area contributed by atoms with Gasteiger partial charge in [-0.05, 0) is 68.8 Å². The number of anilines is 1. The van der Waals surface area contributed by atoms with E-state index in [1.165, 1.54) is 33.5 Å². The van der Waals surface area contributed by atoms with Gasteiger partial charge >= 0.3 is 6.18 Å². The molecule has 1 saturated heterocycles. The lowest BCUT2D eigenvalue weighted by Gasteiger charge is -2.28. The molecule has 276 valence electrons. The number of imidazole rings is 1. The number of amides is 1. The summed E-state index contributed by atoms with van der Waals surface area (Å²) < 4.78 is 65.6. The molecule has 1 aliphatic heterocycles. The molecule has 5 rings (SSSR count). The van der Waals surface area contributed by atoms with Crippen molar-refractivity contribution in [3.05, 3.63) is 77.4 Å². The van der Waals surface area contributed by atoms with E-state index in [0.29, 0.717) is 61.1 Å². The summed E-state index contributed by atoms with van der Waals surface area (Å²) in [5, 5.41) is 0. The number of methoxy groups -OCH3 is 3. The molecule has 1 aromatic heterocycles. The minimum absolute atomic E-state index is 0.209. The topological polar surface area (TPSA) is 81.5 Å². The Morgan fingerprint density at radius 1 is 0.922 bits per heavy atom. The Morgan fingerprint density at radius 3 is 2.35 bits per heavy atom. The molecule has 1 atom stereocenters. The van der Waals surface area contributed by atoms with E-state index in [1.807, 2.05) is 25.1 Å². The van der Waals surface area contributed by atoms with E-state index in [1.54, 1.807) is 30.1 Å². The number of halogens is 3. The van der Waals surface area contributed by atoms with Crippen molar-refractivity contribution >= 4 is 22.9 Å². The Balaban J connectivity index is 1.33. The number of rotatable bonds is 15. The predicted molar refractivity (Wildman–Crippen MR) is 191 cm³/mol. The SMILES string of the molecule is CCOCCn1c(N2CCCN(CCC(CN(C)C(=O)c3cc(OC)c(OC)c(OC)c3)c3cccc(C(F)(F)F)c3)CC2)nc2ccccc21. The molecule has 1 fully saturated rings. The third kappa shape index (κ3) is 9.06. The Morgan fingerprint density at radius 2 is 1.67 bits per heavy atom. The van der Waals surface area contributed by atoms with Crippen molar-refractivity contribution in [1.29, 1.82) is 0 Å². The first-order valence-corrected chi connectivity index (χ1v) is 17.3. The van der Waals surface area contributed by atoms with Crippen molar-refractivity contribution in [2.75, 3.05) is 85.8 Å². The van der Waals surface area contributed by atoms with Gasteiger partial charge in [0.2, 0.25) is 11.7 Å². The highest BCUT2D eigenvalue weighted by Gasteiger charge is 2.32. The summed E-state index contributed by atoms with van der Waals surface area (Å²) in [5.74, 6) is 1.28. The van der Waals surface area contributed by atoms with Crippen LogP contribution < -0.4 is 19.1 Å². The number of benzene rings is 3. The fraction of sp³-hybridized carbons (Fsp3) is 0.474. The Kier molecular flexibility index (Phi) is 12.7. The number of carbonyl (C=O) groups excluding carboxylic acids is 1. The van der Waals surface area contributed by atoms with Crippen LogP contribution >= 0.6 is 0 Å². The number of nitrogens with zero attached hydrogens (tertiary/aromatic N) is 5. The van der Waals surface area contributed by atoms with Crippen molar-refractivity contribution in [2.24, 2.45) is 0 Å². The maximum atomic E-state index is 13.8. The van der Waals surface area contributed by atoms with E-state index in [0.717, 1.165) is 55.6 Å². The summed E-state index contributed by atoms with van der Waals surface area (Å²) in [5.41, 5.74) is 2.16. The molecule has 3 aromatic carbocycles. The van der Waals surface area contributed by atoms with Gasteiger partial charge in [-0.3, -0.25) is 4.79 Å². The van der Waals surface area contributed by atoms with E-state index in [-0.39, 0.29) is 18.4 Å². The van der Waals surface area contributed by atoms with Crippen LogP contribution in [0, 0.1) is 0 Å². The van der Waals surface area contributed by atoms with Gasteiger partial charge in [0.25, 0.3) is 5.91 Å². The van der Waals surface area contributed by atoms with Crippen LogP contribution in [0.2, 0.25) is 0 Å². The van der Waals surface area contributed by atoms with Gasteiger partial charge in [-0.2, -0.15) is 13.2 Å².